The van der Waals surface area contributed by atoms with Crippen LogP contribution in [0.1, 0.15) is 46.3 Å². The second-order valence-corrected chi connectivity index (χ2v) is 10.4. The van der Waals surface area contributed by atoms with Crippen molar-refractivity contribution in [2.45, 2.75) is 51.9 Å². The number of fused-ring (bicyclic) bond motifs is 1. The van der Waals surface area contributed by atoms with Gasteiger partial charge in [0, 0.05) is 35.4 Å². The molecule has 1 unspecified atom stereocenters. The fourth-order valence-electron chi connectivity index (χ4n) is 4.37. The number of anilines is 1. The molecule has 2 aromatic carbocycles. The van der Waals surface area contributed by atoms with Crippen LogP contribution in [0.15, 0.2) is 54.9 Å². The van der Waals surface area contributed by atoms with Gasteiger partial charge in [-0.2, -0.15) is 5.10 Å². The maximum Gasteiger partial charge on any atom is 0.413 e. The van der Waals surface area contributed by atoms with E-state index in [1.165, 1.54) is 12.1 Å². The van der Waals surface area contributed by atoms with E-state index in [0.717, 1.165) is 36.2 Å². The molecule has 0 saturated carbocycles. The molecule has 1 aliphatic rings. The van der Waals surface area contributed by atoms with Crippen LogP contribution in [0.3, 0.4) is 0 Å². The molecule has 0 radical (unpaired) electrons. The molecule has 5 rings (SSSR count). The molecule has 208 valence electrons. The van der Waals surface area contributed by atoms with Crippen molar-refractivity contribution >= 4 is 28.5 Å². The van der Waals surface area contributed by atoms with Crippen LogP contribution >= 0.6 is 0 Å². The summed E-state index contributed by atoms with van der Waals surface area (Å²) >= 11 is 0. The number of nitro benzene ring substituents is 1. The quantitative estimate of drug-likeness (QED) is 0.201. The van der Waals surface area contributed by atoms with Gasteiger partial charge < -0.3 is 14.2 Å². The van der Waals surface area contributed by atoms with Crippen molar-refractivity contribution in [2.24, 2.45) is 0 Å². The smallest absolute Gasteiger partial charge is 0.413 e. The third kappa shape index (κ3) is 6.01. The average molecular weight is 550 g/mol. The number of nitrogens with one attached hydrogen (secondary N) is 1. The van der Waals surface area contributed by atoms with E-state index in [2.05, 4.69) is 15.4 Å². The first kappa shape index (κ1) is 27.0. The molecule has 3 heterocycles. The van der Waals surface area contributed by atoms with E-state index in [-0.39, 0.29) is 23.5 Å². The molecule has 4 aromatic rings. The Kier molecular flexibility index (Phi) is 7.35. The number of aromatic nitrogens is 3. The number of amides is 1. The summed E-state index contributed by atoms with van der Waals surface area (Å²) in [6.45, 7) is 5.93. The Bertz CT molecular complexity index is 1560. The molecule has 1 amide bonds. The van der Waals surface area contributed by atoms with E-state index in [1.54, 1.807) is 51.4 Å². The number of ether oxygens (including phenoxy) is 3. The van der Waals surface area contributed by atoms with Gasteiger partial charge in [0.1, 0.15) is 17.2 Å². The Hall–Kier alpha value is -4.58. The summed E-state index contributed by atoms with van der Waals surface area (Å²) < 4.78 is 33.7. The summed E-state index contributed by atoms with van der Waals surface area (Å²) in [4.78, 5) is 26.9. The number of benzene rings is 2. The van der Waals surface area contributed by atoms with Crippen LogP contribution in [0.4, 0.5) is 20.7 Å². The van der Waals surface area contributed by atoms with Crippen molar-refractivity contribution in [3.8, 4) is 22.6 Å². The monoisotopic (exact) mass is 549 g/mol. The molecular weight excluding hydrogens is 521 g/mol. The maximum atomic E-state index is 14.8. The Morgan fingerprint density at radius 3 is 2.62 bits per heavy atom. The van der Waals surface area contributed by atoms with Gasteiger partial charge in [0.05, 0.1) is 22.7 Å². The highest BCUT2D eigenvalue weighted by Gasteiger charge is 2.22. The van der Waals surface area contributed by atoms with Gasteiger partial charge in [-0.05, 0) is 70.4 Å². The Morgan fingerprint density at radius 1 is 1.15 bits per heavy atom. The van der Waals surface area contributed by atoms with Crippen molar-refractivity contribution in [1.29, 1.82) is 0 Å². The van der Waals surface area contributed by atoms with Crippen molar-refractivity contribution in [2.75, 3.05) is 11.9 Å². The first-order valence-electron chi connectivity index (χ1n) is 12.8. The number of hydrogen-bond acceptors (Lipinski definition) is 8. The first-order valence-corrected chi connectivity index (χ1v) is 12.8. The minimum absolute atomic E-state index is 0.176. The topological polar surface area (TPSA) is 131 Å². The molecular formula is C28H28FN5O6. The summed E-state index contributed by atoms with van der Waals surface area (Å²) in [7, 11) is 0. The molecule has 0 spiro atoms. The number of carbonyl (C=O) groups is 1. The number of pyridine rings is 1. The maximum absolute atomic E-state index is 14.8. The molecule has 1 saturated heterocycles. The van der Waals surface area contributed by atoms with Crippen LogP contribution in [-0.4, -0.2) is 38.0 Å². The minimum Gasteiger partial charge on any atom is -0.454 e. The summed E-state index contributed by atoms with van der Waals surface area (Å²) in [5.41, 5.74) is 0.926. The van der Waals surface area contributed by atoms with Gasteiger partial charge in [0.25, 0.3) is 5.69 Å². The Labute approximate surface area is 229 Å². The molecule has 1 aliphatic heterocycles. The van der Waals surface area contributed by atoms with Crippen LogP contribution in [0.25, 0.3) is 22.0 Å². The first-order chi connectivity index (χ1) is 19.1. The van der Waals surface area contributed by atoms with Crippen LogP contribution in [0.2, 0.25) is 0 Å². The third-order valence-electron chi connectivity index (χ3n) is 6.18. The van der Waals surface area contributed by atoms with E-state index in [4.69, 9.17) is 14.2 Å². The fourth-order valence-corrected chi connectivity index (χ4v) is 4.37. The predicted octanol–water partition coefficient (Wildman–Crippen LogP) is 6.98. The van der Waals surface area contributed by atoms with Crippen molar-refractivity contribution < 1.29 is 28.3 Å². The zero-order valence-electron chi connectivity index (χ0n) is 22.2. The van der Waals surface area contributed by atoms with Gasteiger partial charge in [-0.25, -0.2) is 18.9 Å². The average Bonchev–Trinajstić information content (AvgIpc) is 3.32. The van der Waals surface area contributed by atoms with E-state index >= 15 is 0 Å². The van der Waals surface area contributed by atoms with Gasteiger partial charge in [-0.3, -0.25) is 15.4 Å². The molecule has 40 heavy (non-hydrogen) atoms. The van der Waals surface area contributed by atoms with Crippen LogP contribution in [-0.2, 0) is 9.47 Å². The highest BCUT2D eigenvalue weighted by molar-refractivity contribution is 5.89. The molecule has 0 aliphatic carbocycles. The summed E-state index contributed by atoms with van der Waals surface area (Å²) in [6.07, 6.45) is 5.22. The highest BCUT2D eigenvalue weighted by atomic mass is 19.1. The molecule has 11 nitrogen and oxygen atoms in total. The summed E-state index contributed by atoms with van der Waals surface area (Å²) in [5.74, 6) is -0.477. The minimum atomic E-state index is -0.874. The number of non-ortho nitro benzene ring substituents is 1. The van der Waals surface area contributed by atoms with Crippen molar-refractivity contribution in [3.63, 3.8) is 0 Å². The number of nitrogens with zero attached hydrogens (tertiary/aromatic N) is 4. The number of halogens is 1. The van der Waals surface area contributed by atoms with Crippen molar-refractivity contribution in [1.82, 2.24) is 14.8 Å². The lowest BCUT2D eigenvalue weighted by molar-refractivity contribution is -0.385. The number of hydrogen-bond donors (Lipinski definition) is 1. The fraction of sp³-hybridized carbons (Fsp3) is 0.321. The van der Waals surface area contributed by atoms with Gasteiger partial charge in [-0.15, -0.1) is 0 Å². The number of carbonyl (C=O) groups excluding carboxylic acids is 1. The third-order valence-corrected chi connectivity index (χ3v) is 6.18. The molecule has 1 N–H and O–H groups in total. The van der Waals surface area contributed by atoms with Gasteiger partial charge in [-0.1, -0.05) is 0 Å². The molecule has 0 bridgehead atoms. The lowest BCUT2D eigenvalue weighted by Crippen LogP contribution is -2.27. The summed E-state index contributed by atoms with van der Waals surface area (Å²) in [6, 6.07) is 10.1. The van der Waals surface area contributed by atoms with Crippen LogP contribution < -0.4 is 10.1 Å². The number of rotatable bonds is 6. The van der Waals surface area contributed by atoms with E-state index < -0.39 is 22.4 Å². The van der Waals surface area contributed by atoms with E-state index in [0.29, 0.717) is 23.5 Å². The normalized spacial score (nSPS) is 15.6. The van der Waals surface area contributed by atoms with E-state index in [1.807, 2.05) is 10.7 Å². The summed E-state index contributed by atoms with van der Waals surface area (Å²) in [5, 5.41) is 18.9. The van der Waals surface area contributed by atoms with Crippen molar-refractivity contribution in [3.05, 3.63) is 70.8 Å². The lowest BCUT2D eigenvalue weighted by atomic mass is 10.0. The standard InChI is InChI=1S/C28H28FN5O6/c1-28(2,3)40-27(35)32-25-10-7-17(15-30-25)20-14-22-18(16-31-33(22)26-6-4-5-11-38-26)12-24(20)39-23-9-8-19(34(36)37)13-21(23)29/h7-10,12-16,26H,4-6,11H2,1-3H3,(H,30,32,35). The second-order valence-electron chi connectivity index (χ2n) is 10.4. The molecule has 1 atom stereocenters. The van der Waals surface area contributed by atoms with E-state index in [9.17, 15) is 19.3 Å². The SMILES string of the molecule is CC(C)(C)OC(=O)Nc1ccc(-c2cc3c(cnn3C3CCCCO3)cc2Oc2ccc([N+](=O)[O-])cc2F)cn1. The van der Waals surface area contributed by atoms with Gasteiger partial charge in [0.15, 0.2) is 17.8 Å². The Morgan fingerprint density at radius 2 is 1.98 bits per heavy atom. The zero-order chi connectivity index (χ0) is 28.4. The molecule has 1 fully saturated rings. The largest absolute Gasteiger partial charge is 0.454 e. The highest BCUT2D eigenvalue weighted by Crippen LogP contribution is 2.39. The Balaban J connectivity index is 1.53. The van der Waals surface area contributed by atoms with Crippen LogP contribution in [0, 0.1) is 15.9 Å². The predicted molar refractivity (Wildman–Crippen MR) is 145 cm³/mol. The lowest BCUT2D eigenvalue weighted by Gasteiger charge is -2.23. The second kappa shape index (κ2) is 10.9. The molecule has 12 heteroatoms. The zero-order valence-corrected chi connectivity index (χ0v) is 22.2. The molecule has 2 aromatic heterocycles. The van der Waals surface area contributed by atoms with Gasteiger partial charge in [0.2, 0.25) is 0 Å². The van der Waals surface area contributed by atoms with Crippen LogP contribution in [0.5, 0.6) is 11.5 Å². The number of nitro groups is 1. The van der Waals surface area contributed by atoms with Gasteiger partial charge >= 0.3 is 6.09 Å².